The van der Waals surface area contributed by atoms with Crippen molar-refractivity contribution in [2.45, 2.75) is 58.4 Å². The van der Waals surface area contributed by atoms with Gasteiger partial charge in [-0.15, -0.1) is 0 Å². The molecule has 2 heteroatoms. The summed E-state index contributed by atoms with van der Waals surface area (Å²) in [7, 11) is 0. The molecule has 1 aliphatic heterocycles. The minimum absolute atomic E-state index is 0.530. The fourth-order valence-electron chi connectivity index (χ4n) is 3.29. The molecule has 0 amide bonds. The molecule has 1 aliphatic carbocycles. The number of likely N-dealkylation sites (tertiary alicyclic amines) is 1. The highest BCUT2D eigenvalue weighted by Gasteiger charge is 2.33. The molecule has 16 heavy (non-hydrogen) atoms. The molecule has 2 fully saturated rings. The minimum Gasteiger partial charge on any atom is -0.312 e. The lowest BCUT2D eigenvalue weighted by molar-refractivity contribution is 0.214. The van der Waals surface area contributed by atoms with E-state index >= 15 is 0 Å². The fraction of sp³-hybridized carbons (Fsp3) is 1.00. The van der Waals surface area contributed by atoms with E-state index in [4.69, 9.17) is 0 Å². The normalized spacial score (nSPS) is 30.8. The Labute approximate surface area is 101 Å². The van der Waals surface area contributed by atoms with Crippen molar-refractivity contribution in [3.05, 3.63) is 0 Å². The summed E-state index contributed by atoms with van der Waals surface area (Å²) in [5, 5.41) is 3.78. The van der Waals surface area contributed by atoms with Crippen LogP contribution in [0, 0.1) is 5.41 Å². The van der Waals surface area contributed by atoms with Crippen molar-refractivity contribution < 1.29 is 0 Å². The lowest BCUT2D eigenvalue weighted by Crippen LogP contribution is -2.43. The number of rotatable bonds is 4. The van der Waals surface area contributed by atoms with Crippen LogP contribution in [0.4, 0.5) is 0 Å². The highest BCUT2D eigenvalue weighted by molar-refractivity contribution is 4.90. The Balaban J connectivity index is 1.63. The molecule has 0 aromatic heterocycles. The van der Waals surface area contributed by atoms with Gasteiger partial charge in [0.05, 0.1) is 0 Å². The Morgan fingerprint density at radius 2 is 1.88 bits per heavy atom. The lowest BCUT2D eigenvalue weighted by Gasteiger charge is -2.30. The van der Waals surface area contributed by atoms with Gasteiger partial charge < -0.3 is 10.2 Å². The SMILES string of the molecule is CC1(C)CCCC1NCCN1CCCCC1. The highest BCUT2D eigenvalue weighted by atomic mass is 15.1. The van der Waals surface area contributed by atoms with Crippen LogP contribution in [0.2, 0.25) is 0 Å². The molecule has 1 saturated heterocycles. The molecular weight excluding hydrogens is 196 g/mol. The summed E-state index contributed by atoms with van der Waals surface area (Å²) < 4.78 is 0. The quantitative estimate of drug-likeness (QED) is 0.790. The van der Waals surface area contributed by atoms with Crippen LogP contribution in [-0.4, -0.2) is 37.1 Å². The molecule has 0 spiro atoms. The predicted octanol–water partition coefficient (Wildman–Crippen LogP) is 2.64. The topological polar surface area (TPSA) is 15.3 Å². The van der Waals surface area contributed by atoms with Crippen LogP contribution in [0.25, 0.3) is 0 Å². The van der Waals surface area contributed by atoms with Crippen LogP contribution in [0.15, 0.2) is 0 Å². The Hall–Kier alpha value is -0.0800. The van der Waals surface area contributed by atoms with E-state index in [2.05, 4.69) is 24.1 Å². The van der Waals surface area contributed by atoms with Crippen LogP contribution < -0.4 is 5.32 Å². The van der Waals surface area contributed by atoms with E-state index in [0.717, 1.165) is 6.04 Å². The molecule has 2 aliphatic rings. The smallest absolute Gasteiger partial charge is 0.0119 e. The zero-order valence-corrected chi connectivity index (χ0v) is 11.1. The molecule has 94 valence electrons. The summed E-state index contributed by atoms with van der Waals surface area (Å²) >= 11 is 0. The zero-order chi connectivity index (χ0) is 11.4. The molecule has 1 atom stereocenters. The van der Waals surface area contributed by atoms with Gasteiger partial charge in [0.15, 0.2) is 0 Å². The van der Waals surface area contributed by atoms with Crippen LogP contribution >= 0.6 is 0 Å². The predicted molar refractivity (Wildman–Crippen MR) is 69.7 cm³/mol. The Morgan fingerprint density at radius 3 is 2.50 bits per heavy atom. The Morgan fingerprint density at radius 1 is 1.12 bits per heavy atom. The maximum atomic E-state index is 3.78. The van der Waals surface area contributed by atoms with Gasteiger partial charge in [0.1, 0.15) is 0 Å². The molecule has 0 aromatic rings. The van der Waals surface area contributed by atoms with Crippen LogP contribution in [0.1, 0.15) is 52.4 Å². The highest BCUT2D eigenvalue weighted by Crippen LogP contribution is 2.36. The molecule has 0 bridgehead atoms. The zero-order valence-electron chi connectivity index (χ0n) is 11.1. The number of hydrogen-bond acceptors (Lipinski definition) is 2. The third kappa shape index (κ3) is 3.21. The van der Waals surface area contributed by atoms with E-state index in [1.165, 1.54) is 64.7 Å². The third-order valence-electron chi connectivity index (χ3n) is 4.52. The number of nitrogens with zero attached hydrogens (tertiary/aromatic N) is 1. The molecule has 0 aromatic carbocycles. The van der Waals surface area contributed by atoms with Crippen molar-refractivity contribution in [3.8, 4) is 0 Å². The van der Waals surface area contributed by atoms with Crippen molar-refractivity contribution in [1.29, 1.82) is 0 Å². The number of hydrogen-bond donors (Lipinski definition) is 1. The summed E-state index contributed by atoms with van der Waals surface area (Å²) in [6.45, 7) is 9.93. The first kappa shape index (κ1) is 12.4. The van der Waals surface area contributed by atoms with E-state index in [-0.39, 0.29) is 0 Å². The first-order chi connectivity index (χ1) is 7.68. The Bertz CT molecular complexity index is 207. The van der Waals surface area contributed by atoms with Crippen molar-refractivity contribution >= 4 is 0 Å². The summed E-state index contributed by atoms with van der Waals surface area (Å²) in [6.07, 6.45) is 8.46. The molecule has 1 unspecified atom stereocenters. The second-order valence-corrected chi connectivity index (χ2v) is 6.29. The van der Waals surface area contributed by atoms with Gasteiger partial charge in [0.25, 0.3) is 0 Å². The van der Waals surface area contributed by atoms with E-state index < -0.39 is 0 Å². The van der Waals surface area contributed by atoms with Crippen LogP contribution in [0.3, 0.4) is 0 Å². The van der Waals surface area contributed by atoms with Crippen molar-refractivity contribution in [1.82, 2.24) is 10.2 Å². The molecule has 1 N–H and O–H groups in total. The van der Waals surface area contributed by atoms with Gasteiger partial charge in [-0.2, -0.15) is 0 Å². The summed E-state index contributed by atoms with van der Waals surface area (Å²) in [5.41, 5.74) is 0.530. The third-order valence-corrected chi connectivity index (χ3v) is 4.52. The molecular formula is C14H28N2. The molecule has 1 heterocycles. The second-order valence-electron chi connectivity index (χ2n) is 6.29. The second kappa shape index (κ2) is 5.50. The molecule has 1 saturated carbocycles. The minimum atomic E-state index is 0.530. The molecule has 0 radical (unpaired) electrons. The first-order valence-electron chi connectivity index (χ1n) is 7.14. The largest absolute Gasteiger partial charge is 0.312 e. The van der Waals surface area contributed by atoms with E-state index in [0.29, 0.717) is 5.41 Å². The van der Waals surface area contributed by atoms with E-state index in [1.54, 1.807) is 0 Å². The van der Waals surface area contributed by atoms with Crippen molar-refractivity contribution in [3.63, 3.8) is 0 Å². The summed E-state index contributed by atoms with van der Waals surface area (Å²) in [6, 6.07) is 0.761. The molecule has 2 nitrogen and oxygen atoms in total. The average Bonchev–Trinajstić information content (AvgIpc) is 2.60. The maximum absolute atomic E-state index is 3.78. The lowest BCUT2D eigenvalue weighted by atomic mass is 9.87. The van der Waals surface area contributed by atoms with Crippen LogP contribution in [0.5, 0.6) is 0 Å². The van der Waals surface area contributed by atoms with Gasteiger partial charge in [-0.1, -0.05) is 26.7 Å². The monoisotopic (exact) mass is 224 g/mol. The van der Waals surface area contributed by atoms with Gasteiger partial charge in [-0.3, -0.25) is 0 Å². The van der Waals surface area contributed by atoms with Crippen LogP contribution in [-0.2, 0) is 0 Å². The fourth-order valence-corrected chi connectivity index (χ4v) is 3.29. The van der Waals surface area contributed by atoms with E-state index in [9.17, 15) is 0 Å². The summed E-state index contributed by atoms with van der Waals surface area (Å²) in [4.78, 5) is 2.62. The summed E-state index contributed by atoms with van der Waals surface area (Å²) in [5.74, 6) is 0. The van der Waals surface area contributed by atoms with Crippen molar-refractivity contribution in [2.24, 2.45) is 5.41 Å². The van der Waals surface area contributed by atoms with E-state index in [1.807, 2.05) is 0 Å². The van der Waals surface area contributed by atoms with Gasteiger partial charge in [0, 0.05) is 19.1 Å². The van der Waals surface area contributed by atoms with Crippen molar-refractivity contribution in [2.75, 3.05) is 26.2 Å². The standard InChI is InChI=1S/C14H28N2/c1-14(2)8-6-7-13(14)15-9-12-16-10-4-3-5-11-16/h13,15H,3-12H2,1-2H3. The number of piperidine rings is 1. The molecule has 2 rings (SSSR count). The van der Waals surface area contributed by atoms with Gasteiger partial charge in [-0.25, -0.2) is 0 Å². The van der Waals surface area contributed by atoms with Gasteiger partial charge in [-0.05, 0) is 44.2 Å². The first-order valence-corrected chi connectivity index (χ1v) is 7.14. The maximum Gasteiger partial charge on any atom is 0.0119 e. The van der Waals surface area contributed by atoms with Gasteiger partial charge >= 0.3 is 0 Å². The van der Waals surface area contributed by atoms with Gasteiger partial charge in [0.2, 0.25) is 0 Å². The Kier molecular flexibility index (Phi) is 4.26. The number of nitrogens with one attached hydrogen (secondary N) is 1. The average molecular weight is 224 g/mol.